The summed E-state index contributed by atoms with van der Waals surface area (Å²) >= 11 is 0. The van der Waals surface area contributed by atoms with Crippen LogP contribution >= 0.6 is 0 Å². The van der Waals surface area contributed by atoms with Crippen molar-refractivity contribution in [3.05, 3.63) is 11.8 Å². The summed E-state index contributed by atoms with van der Waals surface area (Å²) in [6.45, 7) is 23.9. The van der Waals surface area contributed by atoms with Crippen molar-refractivity contribution < 1.29 is 0 Å². The van der Waals surface area contributed by atoms with Gasteiger partial charge >= 0.3 is 7.12 Å². The number of hydrogen-bond donors (Lipinski definition) is 3. The quantitative estimate of drug-likeness (QED) is 0.644. The Kier molecular flexibility index (Phi) is 5.99. The third-order valence-corrected chi connectivity index (χ3v) is 6.45. The van der Waals surface area contributed by atoms with E-state index in [1.54, 1.807) is 0 Å². The molecule has 0 bridgehead atoms. The van der Waals surface area contributed by atoms with Crippen molar-refractivity contribution in [2.45, 2.75) is 87.2 Å². The van der Waals surface area contributed by atoms with Gasteiger partial charge in [-0.3, -0.25) is 10.9 Å². The van der Waals surface area contributed by atoms with Crippen LogP contribution in [0.5, 0.6) is 0 Å². The summed E-state index contributed by atoms with van der Waals surface area (Å²) in [5.74, 6) is 0. The topological polar surface area (TPSA) is 45.8 Å². The Hall–Kier alpha value is -0.595. The zero-order chi connectivity index (χ0) is 20.9. The third-order valence-electron chi connectivity index (χ3n) is 6.45. The molecule has 3 rings (SSSR count). The molecule has 0 aromatic carbocycles. The van der Waals surface area contributed by atoms with E-state index in [2.05, 4.69) is 99.4 Å². The molecule has 0 spiro atoms. The largest absolute Gasteiger partial charge is 0.451 e. The van der Waals surface area contributed by atoms with E-state index in [0.717, 1.165) is 19.6 Å². The summed E-state index contributed by atoms with van der Waals surface area (Å²) in [5.41, 5.74) is 13.4. The highest BCUT2D eigenvalue weighted by Crippen LogP contribution is 2.31. The van der Waals surface area contributed by atoms with E-state index in [4.69, 9.17) is 0 Å². The average Bonchev–Trinajstić information content (AvgIpc) is 3.26. The van der Waals surface area contributed by atoms with Crippen molar-refractivity contribution in [1.29, 1.82) is 0 Å². The van der Waals surface area contributed by atoms with Gasteiger partial charge in [-0.2, -0.15) is 0 Å². The molecule has 0 saturated carbocycles. The number of hydrazine groups is 3. The van der Waals surface area contributed by atoms with Crippen molar-refractivity contribution in [1.82, 2.24) is 31.0 Å². The molecule has 0 aromatic rings. The third kappa shape index (κ3) is 4.76. The summed E-state index contributed by atoms with van der Waals surface area (Å²) < 4.78 is 0. The molecule has 3 aliphatic heterocycles. The first-order valence-corrected chi connectivity index (χ1v) is 11.1. The van der Waals surface area contributed by atoms with Gasteiger partial charge in [0.15, 0.2) is 0 Å². The molecule has 160 valence electrons. The molecule has 3 N–H and O–H groups in total. The van der Waals surface area contributed by atoms with Gasteiger partial charge in [0.2, 0.25) is 0 Å². The van der Waals surface area contributed by atoms with Gasteiger partial charge in [-0.1, -0.05) is 62.3 Å². The first kappa shape index (κ1) is 22.1. The molecule has 0 aliphatic carbocycles. The molecule has 2 fully saturated rings. The maximum Gasteiger partial charge on any atom is 0.451 e. The number of nitrogens with zero attached hydrogens (tertiary/aromatic N) is 3. The van der Waals surface area contributed by atoms with Crippen LogP contribution in [0.25, 0.3) is 0 Å². The van der Waals surface area contributed by atoms with E-state index < -0.39 is 0 Å². The molecule has 2 unspecified atom stereocenters. The Morgan fingerprint density at radius 1 is 0.786 bits per heavy atom. The molecule has 0 amide bonds. The minimum atomic E-state index is 0.137. The van der Waals surface area contributed by atoms with Crippen molar-refractivity contribution in [2.24, 2.45) is 16.2 Å². The summed E-state index contributed by atoms with van der Waals surface area (Å²) in [4.78, 5) is 7.28. The highest BCUT2D eigenvalue weighted by atomic mass is 15.7. The molecule has 2 saturated heterocycles. The normalized spacial score (nSPS) is 28.7. The lowest BCUT2D eigenvalue weighted by atomic mass is 9.86. The number of nitrogens with one attached hydrogen (secondary N) is 3. The summed E-state index contributed by atoms with van der Waals surface area (Å²) in [6, 6.07) is 1.02. The fourth-order valence-corrected chi connectivity index (χ4v) is 4.38. The number of hydrogen-bond acceptors (Lipinski definition) is 6. The van der Waals surface area contributed by atoms with Gasteiger partial charge in [0, 0.05) is 42.8 Å². The first-order valence-electron chi connectivity index (χ1n) is 11.1. The predicted octanol–water partition coefficient (Wildman–Crippen LogP) is 2.97. The van der Waals surface area contributed by atoms with E-state index in [1.807, 2.05) is 0 Å². The second kappa shape index (κ2) is 7.58. The lowest BCUT2D eigenvalue weighted by Crippen LogP contribution is -2.70. The molecule has 7 heteroatoms. The molecular formula is C21H43BN6. The van der Waals surface area contributed by atoms with Crippen molar-refractivity contribution >= 4 is 7.12 Å². The zero-order valence-corrected chi connectivity index (χ0v) is 19.7. The fourth-order valence-electron chi connectivity index (χ4n) is 4.38. The summed E-state index contributed by atoms with van der Waals surface area (Å²) in [5, 5.41) is 0. The maximum atomic E-state index is 3.84. The number of allylic oxidation sites excluding steroid dienone is 1. The van der Waals surface area contributed by atoms with Gasteiger partial charge in [0.1, 0.15) is 0 Å². The van der Waals surface area contributed by atoms with Crippen LogP contribution in [0.1, 0.15) is 75.2 Å². The molecule has 28 heavy (non-hydrogen) atoms. The standard InChI is InChI=1S/C21H43BN6/c1-19(2,3)16-10-13-26(23-16)22(27-14-11-17(24-27)20(4,5)6)28-15-12-18(25-28)21(7,8)9/h10,17-18,23-25H,11-15H2,1-9H3. The number of rotatable bonds is 3. The van der Waals surface area contributed by atoms with Gasteiger partial charge in [0.05, 0.1) is 0 Å². The lowest BCUT2D eigenvalue weighted by Gasteiger charge is -2.40. The molecule has 6 nitrogen and oxygen atoms in total. The van der Waals surface area contributed by atoms with Crippen molar-refractivity contribution in [3.63, 3.8) is 0 Å². The molecule has 3 aliphatic rings. The van der Waals surface area contributed by atoms with Gasteiger partial charge < -0.3 is 5.43 Å². The van der Waals surface area contributed by atoms with Crippen LogP contribution in [0.3, 0.4) is 0 Å². The highest BCUT2D eigenvalue weighted by Gasteiger charge is 2.47. The van der Waals surface area contributed by atoms with E-state index in [1.165, 1.54) is 18.5 Å². The summed E-state index contributed by atoms with van der Waals surface area (Å²) in [7, 11) is 0.149. The van der Waals surface area contributed by atoms with Crippen LogP contribution in [-0.4, -0.2) is 53.6 Å². The minimum absolute atomic E-state index is 0.137. The second-order valence-corrected chi connectivity index (χ2v) is 12.0. The van der Waals surface area contributed by atoms with Crippen LogP contribution in [0, 0.1) is 16.2 Å². The van der Waals surface area contributed by atoms with Gasteiger partial charge in [-0.15, -0.1) is 0 Å². The van der Waals surface area contributed by atoms with E-state index in [-0.39, 0.29) is 23.4 Å². The Bertz CT molecular complexity index is 550. The monoisotopic (exact) mass is 390 g/mol. The lowest BCUT2D eigenvalue weighted by molar-refractivity contribution is 0.181. The minimum Gasteiger partial charge on any atom is -0.330 e. The van der Waals surface area contributed by atoms with Crippen LogP contribution in [-0.2, 0) is 0 Å². The Balaban J connectivity index is 1.77. The SMILES string of the molecule is CC(C)(C)C1=CCN(B(N2CCC(C(C)(C)C)N2)N2CCC(C(C)(C)C)N2)N1. The van der Waals surface area contributed by atoms with Crippen LogP contribution in [0.4, 0.5) is 0 Å². The van der Waals surface area contributed by atoms with E-state index in [9.17, 15) is 0 Å². The second-order valence-electron chi connectivity index (χ2n) is 12.0. The molecule has 0 aromatic heterocycles. The van der Waals surface area contributed by atoms with Crippen LogP contribution < -0.4 is 16.3 Å². The van der Waals surface area contributed by atoms with Crippen molar-refractivity contribution in [3.8, 4) is 0 Å². The predicted molar refractivity (Wildman–Crippen MR) is 119 cm³/mol. The molecule has 2 atom stereocenters. The maximum absolute atomic E-state index is 3.84. The zero-order valence-electron chi connectivity index (χ0n) is 19.7. The molecular weight excluding hydrogens is 347 g/mol. The van der Waals surface area contributed by atoms with E-state index >= 15 is 0 Å². The first-order chi connectivity index (χ1) is 12.8. The smallest absolute Gasteiger partial charge is 0.330 e. The molecule has 0 radical (unpaired) electrons. The van der Waals surface area contributed by atoms with Gasteiger partial charge in [0.25, 0.3) is 0 Å². The van der Waals surface area contributed by atoms with Gasteiger partial charge in [-0.25, -0.2) is 14.8 Å². The van der Waals surface area contributed by atoms with Crippen LogP contribution in [0.15, 0.2) is 11.8 Å². The van der Waals surface area contributed by atoms with Crippen molar-refractivity contribution in [2.75, 3.05) is 19.6 Å². The van der Waals surface area contributed by atoms with E-state index in [0.29, 0.717) is 12.1 Å². The average molecular weight is 390 g/mol. The van der Waals surface area contributed by atoms with Gasteiger partial charge in [-0.05, 0) is 29.7 Å². The Labute approximate surface area is 173 Å². The van der Waals surface area contributed by atoms with Crippen LogP contribution in [0.2, 0.25) is 0 Å². The Morgan fingerprint density at radius 3 is 1.57 bits per heavy atom. The fraction of sp³-hybridized carbons (Fsp3) is 0.905. The highest BCUT2D eigenvalue weighted by molar-refractivity contribution is 6.49. The Morgan fingerprint density at radius 2 is 1.25 bits per heavy atom. The summed E-state index contributed by atoms with van der Waals surface area (Å²) in [6.07, 6.45) is 4.72. The molecule has 3 heterocycles.